The lowest BCUT2D eigenvalue weighted by molar-refractivity contribution is -0.139. The molecule has 0 saturated carbocycles. The number of hydrogen-bond acceptors (Lipinski definition) is 5. The maximum absolute atomic E-state index is 11.5. The first-order valence-electron chi connectivity index (χ1n) is 7.06. The number of hydrazone groups is 1. The lowest BCUT2D eigenvalue weighted by Crippen LogP contribution is -2.39. The Hall–Kier alpha value is -2.64. The number of nitrogens with one attached hydrogen (secondary N) is 2. The van der Waals surface area contributed by atoms with Crippen LogP contribution in [0.15, 0.2) is 45.9 Å². The highest BCUT2D eigenvalue weighted by molar-refractivity contribution is 6.35. The monoisotopic (exact) mass is 349 g/mol. The minimum atomic E-state index is -0.871. The summed E-state index contributed by atoms with van der Waals surface area (Å²) in [6.07, 6.45) is 1.30. The van der Waals surface area contributed by atoms with Gasteiger partial charge in [-0.1, -0.05) is 23.7 Å². The molecular formula is C16H16ClN3O4. The molecule has 1 heterocycles. The van der Waals surface area contributed by atoms with E-state index in [2.05, 4.69) is 15.8 Å². The number of methoxy groups -OCH3 is 1. The van der Waals surface area contributed by atoms with Crippen LogP contribution in [0.4, 0.5) is 0 Å². The average Bonchev–Trinajstić information content (AvgIpc) is 3.04. The van der Waals surface area contributed by atoms with Gasteiger partial charge < -0.3 is 14.5 Å². The van der Waals surface area contributed by atoms with Crippen molar-refractivity contribution in [3.8, 4) is 11.3 Å². The third-order valence-corrected chi connectivity index (χ3v) is 3.13. The van der Waals surface area contributed by atoms with Gasteiger partial charge in [0.15, 0.2) is 0 Å². The van der Waals surface area contributed by atoms with Gasteiger partial charge in [0.1, 0.15) is 11.5 Å². The minimum absolute atomic E-state index is 0.244. The Kier molecular flexibility index (Phi) is 6.53. The van der Waals surface area contributed by atoms with Gasteiger partial charge in [0.25, 0.3) is 0 Å². The number of benzene rings is 1. The standard InChI is InChI=1S/C16H16ClN3O4/c1-23-8-7-18-15(21)16(22)20-19-10-13-5-6-14(24-13)11-3-2-4-12(17)9-11/h2-6,9-10H,7-8H2,1H3,(H,18,21)(H,20,22)/b19-10-. The molecule has 2 rings (SSSR count). The molecule has 0 atom stereocenters. The summed E-state index contributed by atoms with van der Waals surface area (Å²) < 4.78 is 10.3. The van der Waals surface area contributed by atoms with Gasteiger partial charge in [0.05, 0.1) is 12.8 Å². The quantitative estimate of drug-likeness (QED) is 0.360. The molecule has 0 radical (unpaired) electrons. The number of furan rings is 1. The fraction of sp³-hybridized carbons (Fsp3) is 0.188. The van der Waals surface area contributed by atoms with Crippen LogP contribution in [0.3, 0.4) is 0 Å². The Bertz CT molecular complexity index is 742. The van der Waals surface area contributed by atoms with Gasteiger partial charge in [-0.2, -0.15) is 5.10 Å². The summed E-state index contributed by atoms with van der Waals surface area (Å²) in [4.78, 5) is 22.9. The van der Waals surface area contributed by atoms with E-state index in [0.717, 1.165) is 5.56 Å². The molecular weight excluding hydrogens is 334 g/mol. The fourth-order valence-corrected chi connectivity index (χ4v) is 1.96. The highest BCUT2D eigenvalue weighted by Crippen LogP contribution is 2.24. The van der Waals surface area contributed by atoms with Gasteiger partial charge in [-0.05, 0) is 24.3 Å². The van der Waals surface area contributed by atoms with Gasteiger partial charge in [0, 0.05) is 24.2 Å². The fourth-order valence-electron chi connectivity index (χ4n) is 1.77. The highest BCUT2D eigenvalue weighted by Gasteiger charge is 2.11. The van der Waals surface area contributed by atoms with Crippen molar-refractivity contribution in [2.45, 2.75) is 0 Å². The molecule has 0 aliphatic heterocycles. The van der Waals surface area contributed by atoms with Crippen LogP contribution in [0.25, 0.3) is 11.3 Å². The molecule has 2 amide bonds. The third kappa shape index (κ3) is 5.22. The second kappa shape index (κ2) is 8.85. The molecule has 126 valence electrons. The molecule has 0 saturated heterocycles. The van der Waals surface area contributed by atoms with Crippen LogP contribution >= 0.6 is 11.6 Å². The van der Waals surface area contributed by atoms with Crippen LogP contribution in [0, 0.1) is 0 Å². The zero-order chi connectivity index (χ0) is 17.4. The summed E-state index contributed by atoms with van der Waals surface area (Å²) in [6, 6.07) is 10.7. The van der Waals surface area contributed by atoms with Crippen LogP contribution in [0.2, 0.25) is 5.02 Å². The summed E-state index contributed by atoms with van der Waals surface area (Å²) >= 11 is 5.93. The van der Waals surface area contributed by atoms with Gasteiger partial charge >= 0.3 is 11.8 Å². The molecule has 0 unspecified atom stereocenters. The first kappa shape index (κ1) is 17.7. The molecule has 0 spiro atoms. The van der Waals surface area contributed by atoms with Crippen molar-refractivity contribution in [2.75, 3.05) is 20.3 Å². The van der Waals surface area contributed by atoms with E-state index >= 15 is 0 Å². The van der Waals surface area contributed by atoms with Gasteiger partial charge in [0.2, 0.25) is 0 Å². The first-order chi connectivity index (χ1) is 11.6. The predicted octanol–water partition coefficient (Wildman–Crippen LogP) is 1.81. The lowest BCUT2D eigenvalue weighted by Gasteiger charge is -2.02. The Morgan fingerprint density at radius 1 is 1.29 bits per heavy atom. The second-order valence-electron chi connectivity index (χ2n) is 4.66. The van der Waals surface area contributed by atoms with Gasteiger partial charge in [-0.25, -0.2) is 5.43 Å². The largest absolute Gasteiger partial charge is 0.455 e. The van der Waals surface area contributed by atoms with Crippen LogP contribution in [-0.2, 0) is 14.3 Å². The lowest BCUT2D eigenvalue weighted by atomic mass is 10.2. The second-order valence-corrected chi connectivity index (χ2v) is 5.10. The Labute approximate surface area is 143 Å². The Morgan fingerprint density at radius 2 is 2.12 bits per heavy atom. The van der Waals surface area contributed by atoms with E-state index in [1.54, 1.807) is 24.3 Å². The van der Waals surface area contributed by atoms with Crippen LogP contribution < -0.4 is 10.7 Å². The van der Waals surface area contributed by atoms with Crippen molar-refractivity contribution in [1.29, 1.82) is 0 Å². The molecule has 0 aliphatic carbocycles. The van der Waals surface area contributed by atoms with E-state index in [1.165, 1.54) is 13.3 Å². The molecule has 2 aromatic rings. The SMILES string of the molecule is COCCNC(=O)C(=O)N/N=C\c1ccc(-c2cccc(Cl)c2)o1. The maximum Gasteiger partial charge on any atom is 0.329 e. The average molecular weight is 350 g/mol. The number of amides is 2. The van der Waals surface area contributed by atoms with Crippen LogP contribution in [0.5, 0.6) is 0 Å². The maximum atomic E-state index is 11.5. The van der Waals surface area contributed by atoms with Crippen molar-refractivity contribution < 1.29 is 18.7 Å². The summed E-state index contributed by atoms with van der Waals surface area (Å²) in [5.41, 5.74) is 2.94. The molecule has 8 heteroatoms. The van der Waals surface area contributed by atoms with Gasteiger partial charge in [-0.15, -0.1) is 0 Å². The minimum Gasteiger partial charge on any atom is -0.455 e. The molecule has 7 nitrogen and oxygen atoms in total. The summed E-state index contributed by atoms with van der Waals surface area (Å²) in [5.74, 6) is -0.625. The highest BCUT2D eigenvalue weighted by atomic mass is 35.5. The van der Waals surface area contributed by atoms with Crippen molar-refractivity contribution in [3.05, 3.63) is 47.2 Å². The van der Waals surface area contributed by atoms with E-state index in [4.69, 9.17) is 20.8 Å². The number of nitrogens with zero attached hydrogens (tertiary/aromatic N) is 1. The van der Waals surface area contributed by atoms with E-state index in [9.17, 15) is 9.59 Å². The summed E-state index contributed by atoms with van der Waals surface area (Å²) in [7, 11) is 1.50. The van der Waals surface area contributed by atoms with Gasteiger partial charge in [-0.3, -0.25) is 9.59 Å². The molecule has 2 N–H and O–H groups in total. The van der Waals surface area contributed by atoms with E-state index < -0.39 is 11.8 Å². The molecule has 0 fully saturated rings. The summed E-state index contributed by atoms with van der Waals surface area (Å²) in [6.45, 7) is 0.564. The van der Waals surface area contributed by atoms with E-state index in [-0.39, 0.29) is 6.54 Å². The third-order valence-electron chi connectivity index (χ3n) is 2.89. The number of ether oxygens (including phenoxy) is 1. The van der Waals surface area contributed by atoms with E-state index in [1.807, 2.05) is 12.1 Å². The van der Waals surface area contributed by atoms with Crippen LogP contribution in [0.1, 0.15) is 5.76 Å². The number of rotatable bonds is 6. The topological polar surface area (TPSA) is 92.9 Å². The van der Waals surface area contributed by atoms with Crippen molar-refractivity contribution >= 4 is 29.6 Å². The number of hydrogen-bond donors (Lipinski definition) is 2. The normalized spacial score (nSPS) is 10.8. The van der Waals surface area contributed by atoms with E-state index in [0.29, 0.717) is 23.2 Å². The molecule has 1 aromatic heterocycles. The molecule has 0 bridgehead atoms. The molecule has 0 aliphatic rings. The predicted molar refractivity (Wildman–Crippen MR) is 89.8 cm³/mol. The molecule has 24 heavy (non-hydrogen) atoms. The smallest absolute Gasteiger partial charge is 0.329 e. The van der Waals surface area contributed by atoms with Crippen LogP contribution in [-0.4, -0.2) is 38.3 Å². The molecule has 1 aromatic carbocycles. The number of carbonyl (C=O) groups excluding carboxylic acids is 2. The van der Waals surface area contributed by atoms with Crippen molar-refractivity contribution in [1.82, 2.24) is 10.7 Å². The van der Waals surface area contributed by atoms with Crippen molar-refractivity contribution in [3.63, 3.8) is 0 Å². The Morgan fingerprint density at radius 3 is 2.88 bits per heavy atom. The number of carbonyl (C=O) groups is 2. The first-order valence-corrected chi connectivity index (χ1v) is 7.44. The Balaban J connectivity index is 1.89. The zero-order valence-corrected chi connectivity index (χ0v) is 13.7. The number of halogens is 1. The van der Waals surface area contributed by atoms with Crippen molar-refractivity contribution in [2.24, 2.45) is 5.10 Å². The summed E-state index contributed by atoms with van der Waals surface area (Å²) in [5, 5.41) is 6.66. The zero-order valence-electron chi connectivity index (χ0n) is 12.9.